The summed E-state index contributed by atoms with van der Waals surface area (Å²) >= 11 is 3.47. The van der Waals surface area contributed by atoms with Crippen molar-refractivity contribution in [1.82, 2.24) is 5.43 Å². The number of nitrogens with one attached hydrogen (secondary N) is 1. The summed E-state index contributed by atoms with van der Waals surface area (Å²) in [5.74, 6) is 0. The Hall–Kier alpha value is -0.590. The highest BCUT2D eigenvalue weighted by Crippen LogP contribution is 2.07. The highest BCUT2D eigenvalue weighted by Gasteiger charge is 2.31. The molecule has 0 aliphatic heterocycles. The average Bonchev–Trinajstić information content (AvgIpc) is 1.21. The van der Waals surface area contributed by atoms with Crippen molar-refractivity contribution in [3.05, 3.63) is 4.91 Å². The number of halogens is 3. The van der Waals surface area contributed by atoms with E-state index in [2.05, 4.69) is 12.8 Å². The molecule has 0 spiro atoms. The van der Waals surface area contributed by atoms with Crippen molar-refractivity contribution >= 4 is 12.8 Å². The topological polar surface area (TPSA) is 32.1 Å². The van der Waals surface area contributed by atoms with Crippen LogP contribution >= 0.6 is 0 Å². The molecule has 0 rings (SSSR count). The van der Waals surface area contributed by atoms with Crippen LogP contribution in [0.5, 0.6) is 0 Å². The summed E-state index contributed by atoms with van der Waals surface area (Å²) in [6.45, 7) is 0. The van der Waals surface area contributed by atoms with Gasteiger partial charge in [-0.2, -0.15) is 0 Å². The van der Waals surface area contributed by atoms with Crippen LogP contribution in [0, 0.1) is 4.91 Å². The molecule has 1 N–H and O–H groups in total. The van der Waals surface area contributed by atoms with E-state index in [4.69, 9.17) is 0 Å². The molecule has 0 aromatic rings. The van der Waals surface area contributed by atoms with Crippen LogP contribution in [0.4, 0.5) is 13.2 Å². The third-order valence-electron chi connectivity index (χ3n) is 0.218. The molecule has 0 amide bonds. The van der Waals surface area contributed by atoms with Gasteiger partial charge in [-0.15, -0.1) is 13.2 Å². The van der Waals surface area contributed by atoms with Gasteiger partial charge in [0.1, 0.15) is 0 Å². The number of hydrazine groups is 1. The molecule has 0 saturated carbocycles. The lowest BCUT2D eigenvalue weighted by Crippen LogP contribution is -2.36. The first-order valence-corrected chi connectivity index (χ1v) is 1.77. The van der Waals surface area contributed by atoms with Crippen molar-refractivity contribution in [3.63, 3.8) is 0 Å². The predicted octanol–water partition coefficient (Wildman–Crippen LogP) is 0.252. The number of hydrogen-bond acceptors (Lipinski definition) is 2. The van der Waals surface area contributed by atoms with Crippen LogP contribution in [0.1, 0.15) is 0 Å². The maximum atomic E-state index is 10.9. The van der Waals surface area contributed by atoms with E-state index in [1.165, 1.54) is 0 Å². The summed E-state index contributed by atoms with van der Waals surface area (Å²) in [6, 6.07) is 0. The molecule has 0 aromatic heterocycles. The molecule has 0 aliphatic rings. The molecular weight excluding hydrogens is 145 g/mol. The van der Waals surface area contributed by atoms with E-state index in [1.807, 2.05) is 0 Å². The van der Waals surface area contributed by atoms with Gasteiger partial charge >= 0.3 is 6.30 Å². The van der Waals surface area contributed by atoms with Gasteiger partial charge in [0.05, 0.1) is 0 Å². The van der Waals surface area contributed by atoms with Gasteiger partial charge in [0.15, 0.2) is 0 Å². The van der Waals surface area contributed by atoms with E-state index in [-0.39, 0.29) is 0 Å². The van der Waals surface area contributed by atoms with Crippen LogP contribution < -0.4 is 5.43 Å². The van der Waals surface area contributed by atoms with E-state index < -0.39 is 10.6 Å². The highest BCUT2D eigenvalue weighted by atomic mass is 32.1. The van der Waals surface area contributed by atoms with Gasteiger partial charge in [-0.1, -0.05) is 5.43 Å². The molecule has 0 fully saturated rings. The molecule has 0 saturated heterocycles. The molecule has 0 bridgehead atoms. The van der Waals surface area contributed by atoms with Crippen LogP contribution in [-0.4, -0.2) is 10.6 Å². The Balaban J connectivity index is 3.55. The van der Waals surface area contributed by atoms with Crippen molar-refractivity contribution in [3.8, 4) is 0 Å². The minimum absolute atomic E-state index is 0.475. The fourth-order valence-corrected chi connectivity index (χ4v) is 0.207. The lowest BCUT2D eigenvalue weighted by Gasteiger charge is -2.00. The molecule has 0 aromatic carbocycles. The summed E-state index contributed by atoms with van der Waals surface area (Å²) in [4.78, 5) is 9.36. The second-order valence-corrected chi connectivity index (χ2v) is 1.20. The van der Waals surface area contributed by atoms with Gasteiger partial charge in [-0.3, -0.25) is 0 Å². The number of rotatable bonds is 1. The maximum absolute atomic E-state index is 10.9. The summed E-state index contributed by atoms with van der Waals surface area (Å²) in [5.41, 5.74) is 0.475. The Morgan fingerprint density at radius 1 is 1.50 bits per heavy atom. The summed E-state index contributed by atoms with van der Waals surface area (Å²) in [7, 11) is 0. The first-order chi connectivity index (χ1) is 3.42. The summed E-state index contributed by atoms with van der Waals surface area (Å²) < 4.78 is 31.8. The van der Waals surface area contributed by atoms with Crippen LogP contribution in [0.25, 0.3) is 0 Å². The minimum atomic E-state index is -4.72. The first-order valence-electron chi connectivity index (χ1n) is 1.41. The van der Waals surface area contributed by atoms with Gasteiger partial charge < -0.3 is 12.8 Å². The normalized spacial score (nSPS) is 10.9. The molecule has 8 heavy (non-hydrogen) atoms. The Morgan fingerprint density at radius 3 is 1.88 bits per heavy atom. The Morgan fingerprint density at radius 2 is 1.88 bits per heavy atom. The van der Waals surface area contributed by atoms with Crippen LogP contribution in [0.3, 0.4) is 0 Å². The van der Waals surface area contributed by atoms with E-state index in [0.717, 1.165) is 0 Å². The molecule has 0 aliphatic carbocycles. The molecule has 48 valence electrons. The fraction of sp³-hybridized carbons (Fsp3) is 1.00. The van der Waals surface area contributed by atoms with Crippen molar-refractivity contribution in [2.24, 2.45) is 0 Å². The molecule has 0 unspecified atom stereocenters. The minimum Gasteiger partial charge on any atom is -0.332 e. The second kappa shape index (κ2) is 2.12. The standard InChI is InChI=1S/CHF3N2OS/c2-1(3,4)5-6(7)8/h(H,5,7,8). The lowest BCUT2D eigenvalue weighted by atomic mass is 11.2. The van der Waals surface area contributed by atoms with E-state index in [1.54, 1.807) is 0 Å². The zero-order valence-electron chi connectivity index (χ0n) is 3.40. The van der Waals surface area contributed by atoms with Crippen molar-refractivity contribution in [2.45, 2.75) is 6.30 Å². The third-order valence-corrected chi connectivity index (χ3v) is 0.309. The van der Waals surface area contributed by atoms with Gasteiger partial charge in [-0.05, 0) is 0 Å². The van der Waals surface area contributed by atoms with E-state index >= 15 is 0 Å². The van der Waals surface area contributed by atoms with Gasteiger partial charge in [0.25, 0.3) is 0 Å². The summed E-state index contributed by atoms with van der Waals surface area (Å²) in [5, 5.41) is 0. The van der Waals surface area contributed by atoms with Crippen LogP contribution in [-0.2, 0) is 12.8 Å². The molecule has 0 radical (unpaired) electrons. The largest absolute Gasteiger partial charge is 0.531 e. The number of alkyl halides is 3. The van der Waals surface area contributed by atoms with Crippen molar-refractivity contribution in [2.75, 3.05) is 0 Å². The van der Waals surface area contributed by atoms with E-state index in [9.17, 15) is 18.1 Å². The SMILES string of the molecule is O=[N+]([S-])NC(F)(F)F. The molecule has 3 nitrogen and oxygen atoms in total. The van der Waals surface area contributed by atoms with Crippen molar-refractivity contribution in [1.29, 1.82) is 0 Å². The summed E-state index contributed by atoms with van der Waals surface area (Å²) in [6.07, 6.45) is -4.72. The molecule has 0 atom stereocenters. The smallest absolute Gasteiger partial charge is 0.332 e. The van der Waals surface area contributed by atoms with E-state index in [0.29, 0.717) is 5.43 Å². The zero-order valence-corrected chi connectivity index (χ0v) is 4.21. The van der Waals surface area contributed by atoms with Gasteiger partial charge in [-0.25, -0.2) is 0 Å². The van der Waals surface area contributed by atoms with Gasteiger partial charge in [0.2, 0.25) is 0 Å². The molecule has 0 heterocycles. The quantitative estimate of drug-likeness (QED) is 0.249. The number of nitrogens with zero attached hydrogens (tertiary/aromatic N) is 1. The highest BCUT2D eigenvalue weighted by molar-refractivity contribution is 7.51. The van der Waals surface area contributed by atoms with Gasteiger partial charge in [0, 0.05) is 9.18 Å². The Bertz CT molecular complexity index is 99.9. The molecular formula is CHF3N2OS. The first kappa shape index (κ1) is 7.41. The number of nitroso groups, excluding NO2 is 1. The molecule has 7 heteroatoms. The zero-order chi connectivity index (χ0) is 6.78. The Labute approximate surface area is 48.0 Å². The Kier molecular flexibility index (Phi) is 1.96. The predicted molar refractivity (Wildman–Crippen MR) is 20.2 cm³/mol. The average molecular weight is 146 g/mol. The maximum Gasteiger partial charge on any atom is 0.531 e. The monoisotopic (exact) mass is 146 g/mol. The second-order valence-electron chi connectivity index (χ2n) is 0.867. The lowest BCUT2D eigenvalue weighted by molar-refractivity contribution is -0.506. The van der Waals surface area contributed by atoms with Crippen LogP contribution in [0.15, 0.2) is 0 Å². The van der Waals surface area contributed by atoms with Crippen LogP contribution in [0.2, 0.25) is 0 Å². The third kappa shape index (κ3) is 5.41. The van der Waals surface area contributed by atoms with Crippen molar-refractivity contribution < 1.29 is 17.4 Å². The fourth-order valence-electron chi connectivity index (χ4n) is 0.104. The number of hydrogen-bond donors (Lipinski definition) is 1.